The molecule has 1 aliphatic rings. The van der Waals surface area contributed by atoms with Crippen LogP contribution in [0.1, 0.15) is 18.9 Å². The molecule has 3 heteroatoms. The zero-order chi connectivity index (χ0) is 10.5. The summed E-state index contributed by atoms with van der Waals surface area (Å²) in [6, 6.07) is 8.55. The summed E-state index contributed by atoms with van der Waals surface area (Å²) in [5, 5.41) is 8.91. The van der Waals surface area contributed by atoms with Crippen molar-refractivity contribution in [3.05, 3.63) is 30.1 Å². The maximum atomic E-state index is 8.91. The lowest BCUT2D eigenvalue weighted by molar-refractivity contribution is 0.743. The van der Waals surface area contributed by atoms with Crippen molar-refractivity contribution in [3.63, 3.8) is 0 Å². The largest absolute Gasteiger partial charge is 0.345 e. The van der Waals surface area contributed by atoms with E-state index in [1.807, 2.05) is 6.07 Å². The minimum Gasteiger partial charge on any atom is -0.345 e. The molecule has 0 spiro atoms. The quantitative estimate of drug-likeness (QED) is 0.763. The Kier molecular flexibility index (Phi) is 1.47. The molecule has 1 aromatic heterocycles. The number of hydrogen-bond acceptors (Lipinski definition) is 2. The molecule has 1 saturated carbocycles. The van der Waals surface area contributed by atoms with E-state index in [1.165, 1.54) is 5.56 Å². The molecule has 2 aromatic rings. The summed E-state index contributed by atoms with van der Waals surface area (Å²) in [6.45, 7) is 2.15. The monoisotopic (exact) mass is 197 g/mol. The summed E-state index contributed by atoms with van der Waals surface area (Å²) in [5.41, 5.74) is 3.34. The summed E-state index contributed by atoms with van der Waals surface area (Å²) in [5.74, 6) is 0.179. The van der Waals surface area contributed by atoms with Crippen LogP contribution in [0.15, 0.2) is 24.5 Å². The number of nitriles is 1. The fourth-order valence-corrected chi connectivity index (χ4v) is 2.16. The maximum Gasteiger partial charge on any atom is 0.0931 e. The molecule has 0 saturated heterocycles. The molecule has 15 heavy (non-hydrogen) atoms. The van der Waals surface area contributed by atoms with Gasteiger partial charge in [0.15, 0.2) is 0 Å². The second-order valence-electron chi connectivity index (χ2n) is 4.44. The van der Waals surface area contributed by atoms with E-state index >= 15 is 0 Å². The normalized spacial score (nSPS) is 28.9. The molecule has 0 bridgehead atoms. The summed E-state index contributed by atoms with van der Waals surface area (Å²) >= 11 is 0. The molecule has 0 amide bonds. The smallest absolute Gasteiger partial charge is 0.0931 e. The van der Waals surface area contributed by atoms with Crippen LogP contribution in [0.3, 0.4) is 0 Å². The van der Waals surface area contributed by atoms with Crippen LogP contribution < -0.4 is 0 Å². The Labute approximate surface area is 87.8 Å². The van der Waals surface area contributed by atoms with Crippen LogP contribution in [0.4, 0.5) is 0 Å². The second kappa shape index (κ2) is 2.60. The van der Waals surface area contributed by atoms with Crippen molar-refractivity contribution in [1.29, 1.82) is 5.26 Å². The van der Waals surface area contributed by atoms with Gasteiger partial charge in [0.05, 0.1) is 29.3 Å². The van der Waals surface area contributed by atoms with E-state index in [-0.39, 0.29) is 11.3 Å². The summed E-state index contributed by atoms with van der Waals surface area (Å²) in [6.07, 6.45) is 2.68. The van der Waals surface area contributed by atoms with Gasteiger partial charge in [-0.05, 0) is 24.1 Å². The molecule has 1 heterocycles. The van der Waals surface area contributed by atoms with Gasteiger partial charge >= 0.3 is 0 Å². The van der Waals surface area contributed by atoms with Crippen molar-refractivity contribution in [1.82, 2.24) is 9.97 Å². The first-order chi connectivity index (χ1) is 7.24. The van der Waals surface area contributed by atoms with Gasteiger partial charge in [-0.3, -0.25) is 0 Å². The topological polar surface area (TPSA) is 52.5 Å². The lowest BCUT2D eigenvalue weighted by atomic mass is 9.95. The lowest BCUT2D eigenvalue weighted by Gasteiger charge is -2.08. The van der Waals surface area contributed by atoms with E-state index in [0.717, 1.165) is 17.5 Å². The van der Waals surface area contributed by atoms with Crippen LogP contribution in [0, 0.1) is 17.2 Å². The molecule has 3 rings (SSSR count). The van der Waals surface area contributed by atoms with Crippen LogP contribution >= 0.6 is 0 Å². The lowest BCUT2D eigenvalue weighted by Crippen LogP contribution is -2.03. The SMILES string of the molecule is CC1(c2ccc3nc[nH]c3c2)CC1C#N. The first-order valence-corrected chi connectivity index (χ1v) is 5.07. The standard InChI is InChI=1S/C12H11N3/c1-12(5-9(12)6-13)8-2-3-10-11(4-8)15-7-14-10/h2-4,7,9H,5H2,1H3,(H,14,15). The number of nitrogens with one attached hydrogen (secondary N) is 1. The highest BCUT2D eigenvalue weighted by atomic mass is 14.9. The van der Waals surface area contributed by atoms with Gasteiger partial charge in [-0.2, -0.15) is 5.26 Å². The van der Waals surface area contributed by atoms with Crippen molar-refractivity contribution < 1.29 is 0 Å². The van der Waals surface area contributed by atoms with Gasteiger partial charge in [0.1, 0.15) is 0 Å². The van der Waals surface area contributed by atoms with Gasteiger partial charge in [0.2, 0.25) is 0 Å². The van der Waals surface area contributed by atoms with Crippen molar-refractivity contribution in [2.45, 2.75) is 18.8 Å². The third kappa shape index (κ3) is 1.08. The molecule has 0 aliphatic heterocycles. The number of H-pyrrole nitrogens is 1. The molecule has 3 nitrogen and oxygen atoms in total. The summed E-state index contributed by atoms with van der Waals surface area (Å²) in [7, 11) is 0. The second-order valence-corrected chi connectivity index (χ2v) is 4.44. The molecule has 1 fully saturated rings. The number of benzene rings is 1. The minimum atomic E-state index is 0.0635. The van der Waals surface area contributed by atoms with Crippen LogP contribution in [-0.2, 0) is 5.41 Å². The number of fused-ring (bicyclic) bond motifs is 1. The van der Waals surface area contributed by atoms with Crippen LogP contribution in [0.5, 0.6) is 0 Å². The predicted molar refractivity (Wildman–Crippen MR) is 57.2 cm³/mol. The van der Waals surface area contributed by atoms with Gasteiger partial charge < -0.3 is 4.98 Å². The first kappa shape index (κ1) is 8.49. The molecular formula is C12H11N3. The Morgan fingerprint density at radius 3 is 3.20 bits per heavy atom. The highest BCUT2D eigenvalue weighted by Crippen LogP contribution is 2.53. The van der Waals surface area contributed by atoms with E-state index < -0.39 is 0 Å². The average molecular weight is 197 g/mol. The predicted octanol–water partition coefficient (Wildman–Crippen LogP) is 2.36. The fourth-order valence-electron chi connectivity index (χ4n) is 2.16. The number of aromatic nitrogens is 2. The Morgan fingerprint density at radius 2 is 2.47 bits per heavy atom. The van der Waals surface area contributed by atoms with E-state index in [2.05, 4.69) is 35.1 Å². The zero-order valence-corrected chi connectivity index (χ0v) is 8.49. The number of imidazole rings is 1. The van der Waals surface area contributed by atoms with Gasteiger partial charge in [0.25, 0.3) is 0 Å². The van der Waals surface area contributed by atoms with E-state index in [4.69, 9.17) is 5.26 Å². The number of aromatic amines is 1. The Hall–Kier alpha value is -1.82. The molecule has 2 unspecified atom stereocenters. The minimum absolute atomic E-state index is 0.0635. The first-order valence-electron chi connectivity index (χ1n) is 5.07. The number of hydrogen-bond donors (Lipinski definition) is 1. The molecule has 1 N–H and O–H groups in total. The summed E-state index contributed by atoms with van der Waals surface area (Å²) < 4.78 is 0. The van der Waals surface area contributed by atoms with Crippen LogP contribution in [0.2, 0.25) is 0 Å². The highest BCUT2D eigenvalue weighted by molar-refractivity contribution is 5.75. The van der Waals surface area contributed by atoms with Gasteiger partial charge in [-0.1, -0.05) is 13.0 Å². The third-order valence-electron chi connectivity index (χ3n) is 3.47. The Morgan fingerprint density at radius 1 is 1.60 bits per heavy atom. The number of rotatable bonds is 1. The van der Waals surface area contributed by atoms with Gasteiger partial charge in [-0.15, -0.1) is 0 Å². The van der Waals surface area contributed by atoms with Crippen LogP contribution in [-0.4, -0.2) is 9.97 Å². The molecule has 2 atom stereocenters. The molecule has 0 radical (unpaired) electrons. The van der Waals surface area contributed by atoms with Gasteiger partial charge in [-0.25, -0.2) is 4.98 Å². The van der Waals surface area contributed by atoms with Crippen molar-refractivity contribution in [2.24, 2.45) is 5.92 Å². The zero-order valence-electron chi connectivity index (χ0n) is 8.49. The third-order valence-corrected chi connectivity index (χ3v) is 3.47. The maximum absolute atomic E-state index is 8.91. The number of nitrogens with zero attached hydrogens (tertiary/aromatic N) is 2. The molecule has 1 aromatic carbocycles. The van der Waals surface area contributed by atoms with E-state index in [9.17, 15) is 0 Å². The molecule has 1 aliphatic carbocycles. The van der Waals surface area contributed by atoms with E-state index in [1.54, 1.807) is 6.33 Å². The Balaban J connectivity index is 2.10. The fraction of sp³-hybridized carbons (Fsp3) is 0.333. The van der Waals surface area contributed by atoms with Gasteiger partial charge in [0, 0.05) is 5.41 Å². The summed E-state index contributed by atoms with van der Waals surface area (Å²) in [4.78, 5) is 7.28. The molecule has 74 valence electrons. The highest BCUT2D eigenvalue weighted by Gasteiger charge is 2.51. The average Bonchev–Trinajstić information content (AvgIpc) is 2.74. The van der Waals surface area contributed by atoms with Crippen molar-refractivity contribution in [3.8, 4) is 6.07 Å². The van der Waals surface area contributed by atoms with Crippen molar-refractivity contribution >= 4 is 11.0 Å². The van der Waals surface area contributed by atoms with Crippen LogP contribution in [0.25, 0.3) is 11.0 Å². The molecular weight excluding hydrogens is 186 g/mol. The Bertz CT molecular complexity index is 563. The van der Waals surface area contributed by atoms with E-state index in [0.29, 0.717) is 0 Å². The van der Waals surface area contributed by atoms with Crippen molar-refractivity contribution in [2.75, 3.05) is 0 Å².